The fourth-order valence-electron chi connectivity index (χ4n) is 7.95. The van der Waals surface area contributed by atoms with Gasteiger partial charge >= 0.3 is 23.9 Å². The van der Waals surface area contributed by atoms with Crippen LogP contribution in [0.5, 0.6) is 17.2 Å². The van der Waals surface area contributed by atoms with Gasteiger partial charge in [0.15, 0.2) is 0 Å². The Labute approximate surface area is 408 Å². The van der Waals surface area contributed by atoms with Gasteiger partial charge in [-0.1, -0.05) is 37.7 Å². The van der Waals surface area contributed by atoms with Gasteiger partial charge in [-0.2, -0.15) is 0 Å². The van der Waals surface area contributed by atoms with Crippen molar-refractivity contribution in [2.75, 3.05) is 6.61 Å². The van der Waals surface area contributed by atoms with Crippen LogP contribution in [0.4, 0.5) is 0 Å². The van der Waals surface area contributed by atoms with E-state index >= 15 is 0 Å². The van der Waals surface area contributed by atoms with Gasteiger partial charge in [0.05, 0.1) is 39.0 Å². The van der Waals surface area contributed by atoms with Gasteiger partial charge in [-0.3, -0.25) is 4.99 Å². The van der Waals surface area contributed by atoms with Gasteiger partial charge in [0.2, 0.25) is 0 Å². The molecule has 0 radical (unpaired) electrons. The van der Waals surface area contributed by atoms with Gasteiger partial charge in [-0.05, 0) is 146 Å². The first-order chi connectivity index (χ1) is 32.0. The topological polar surface area (TPSA) is 149 Å². The maximum Gasteiger partial charge on any atom is 0.343 e. The summed E-state index contributed by atoms with van der Waals surface area (Å²) in [5, 5.41) is 1.59. The fourth-order valence-corrected chi connectivity index (χ4v) is 9.27. The number of aromatic nitrogens is 1. The standard InChI is InChI=1S/C54H61ClN2O10S/c1-12-40(31-46-57-43-25-20-39(55)30-45(43)68-46)56-32-38-29-35(27-28-62-49(60)36-16-21-41(22-17-36)64-51(4,5)33-53(8,9)66-47(58)13-2)15-26-44(38)63-50(61)37-18-23-42(24-19-37)65-52(6,7)34-54(10,11)67-48(59)14-3/h13-26,29-30,32,40H,2-3,12,27-28,31,33-34H2,1,4-11H3. The molecular weight excluding hydrogens is 904 g/mol. The van der Waals surface area contributed by atoms with Crippen molar-refractivity contribution >= 4 is 63.2 Å². The Balaban J connectivity index is 1.27. The van der Waals surface area contributed by atoms with Crippen molar-refractivity contribution in [3.05, 3.63) is 143 Å². The largest absolute Gasteiger partial charge is 0.488 e. The summed E-state index contributed by atoms with van der Waals surface area (Å²) in [6, 6.07) is 24.2. The normalized spacial score (nSPS) is 12.6. The van der Waals surface area contributed by atoms with E-state index in [2.05, 4.69) is 20.1 Å². The van der Waals surface area contributed by atoms with E-state index in [4.69, 9.17) is 50.0 Å². The highest BCUT2D eigenvalue weighted by Crippen LogP contribution is 2.32. The summed E-state index contributed by atoms with van der Waals surface area (Å²) in [6.07, 6.45) is 6.48. The molecule has 0 N–H and O–H groups in total. The second-order valence-corrected chi connectivity index (χ2v) is 20.4. The third kappa shape index (κ3) is 16.2. The number of aliphatic imine (C=N–C) groups is 1. The minimum absolute atomic E-state index is 0.0836. The van der Waals surface area contributed by atoms with Crippen molar-refractivity contribution in [1.29, 1.82) is 0 Å². The number of ether oxygens (including phenoxy) is 6. The summed E-state index contributed by atoms with van der Waals surface area (Å²) in [6.45, 7) is 23.9. The quantitative estimate of drug-likeness (QED) is 0.0202. The van der Waals surface area contributed by atoms with Crippen molar-refractivity contribution < 1.29 is 47.6 Å². The summed E-state index contributed by atoms with van der Waals surface area (Å²) in [5.41, 5.74) is -0.0902. The van der Waals surface area contributed by atoms with E-state index in [1.165, 1.54) is 0 Å². The van der Waals surface area contributed by atoms with Crippen LogP contribution in [0.3, 0.4) is 0 Å². The average molecular weight is 966 g/mol. The van der Waals surface area contributed by atoms with E-state index in [1.54, 1.807) is 99.8 Å². The molecule has 12 nitrogen and oxygen atoms in total. The number of nitrogens with zero attached hydrogens (tertiary/aromatic N) is 2. The van der Waals surface area contributed by atoms with Crippen LogP contribution < -0.4 is 14.2 Å². The average Bonchev–Trinajstić information content (AvgIpc) is 3.65. The lowest BCUT2D eigenvalue weighted by molar-refractivity contribution is -0.155. The first-order valence-corrected chi connectivity index (χ1v) is 23.6. The van der Waals surface area contributed by atoms with Crippen LogP contribution in [0.25, 0.3) is 10.2 Å². The summed E-state index contributed by atoms with van der Waals surface area (Å²) >= 11 is 7.81. The van der Waals surface area contributed by atoms with Gasteiger partial charge in [-0.25, -0.2) is 24.2 Å². The first-order valence-electron chi connectivity index (χ1n) is 22.4. The zero-order valence-electron chi connectivity index (χ0n) is 40.3. The third-order valence-corrected chi connectivity index (χ3v) is 11.6. The van der Waals surface area contributed by atoms with Crippen LogP contribution in [-0.2, 0) is 36.6 Å². The molecule has 68 heavy (non-hydrogen) atoms. The number of esters is 4. The van der Waals surface area contributed by atoms with Crippen LogP contribution in [0.15, 0.2) is 115 Å². The lowest BCUT2D eigenvalue weighted by Crippen LogP contribution is -2.40. The van der Waals surface area contributed by atoms with Crippen LogP contribution in [0.1, 0.15) is 118 Å². The van der Waals surface area contributed by atoms with Crippen molar-refractivity contribution in [3.63, 3.8) is 0 Å². The number of carbonyl (C=O) groups is 4. The molecule has 0 amide bonds. The molecule has 14 heteroatoms. The summed E-state index contributed by atoms with van der Waals surface area (Å²) in [5.74, 6) is -0.740. The Bertz CT molecular complexity index is 2630. The van der Waals surface area contributed by atoms with E-state index in [0.29, 0.717) is 64.6 Å². The fraction of sp³-hybridized carbons (Fsp3) is 0.370. The second kappa shape index (κ2) is 22.7. The molecule has 1 heterocycles. The summed E-state index contributed by atoms with van der Waals surface area (Å²) in [4.78, 5) is 60.1. The van der Waals surface area contributed by atoms with E-state index in [0.717, 1.165) is 39.4 Å². The first kappa shape index (κ1) is 52.7. The molecule has 0 aliphatic heterocycles. The maximum absolute atomic E-state index is 13.6. The smallest absolute Gasteiger partial charge is 0.343 e. The molecule has 0 aliphatic carbocycles. The van der Waals surface area contributed by atoms with E-state index in [9.17, 15) is 19.2 Å². The molecule has 0 aliphatic rings. The number of benzene rings is 4. The molecule has 0 bridgehead atoms. The molecule has 5 aromatic rings. The van der Waals surface area contributed by atoms with Crippen LogP contribution >= 0.6 is 22.9 Å². The van der Waals surface area contributed by atoms with Crippen molar-refractivity contribution in [3.8, 4) is 17.2 Å². The Morgan fingerprint density at radius 1 is 0.721 bits per heavy atom. The zero-order chi connectivity index (χ0) is 49.9. The molecule has 0 saturated heterocycles. The maximum atomic E-state index is 13.6. The molecule has 360 valence electrons. The second-order valence-electron chi connectivity index (χ2n) is 18.8. The molecule has 0 fully saturated rings. The molecule has 1 unspecified atom stereocenters. The highest BCUT2D eigenvalue weighted by molar-refractivity contribution is 7.18. The number of hydrogen-bond acceptors (Lipinski definition) is 13. The van der Waals surface area contributed by atoms with Crippen LogP contribution in [-0.4, -0.2) is 70.1 Å². The number of carbonyl (C=O) groups excluding carboxylic acids is 4. The van der Waals surface area contributed by atoms with E-state index in [-0.39, 0.29) is 12.6 Å². The molecule has 0 spiro atoms. The Kier molecular flexibility index (Phi) is 17.5. The molecule has 5 rings (SSSR count). The molecule has 1 atom stereocenters. The number of thiazole rings is 1. The van der Waals surface area contributed by atoms with Gasteiger partial charge in [0, 0.05) is 54.6 Å². The third-order valence-electron chi connectivity index (χ3n) is 10.4. The van der Waals surface area contributed by atoms with Gasteiger partial charge in [-0.15, -0.1) is 11.3 Å². The van der Waals surface area contributed by atoms with E-state index < -0.39 is 46.3 Å². The molecule has 0 saturated carbocycles. The molecular formula is C54H61ClN2O10S. The lowest BCUT2D eigenvalue weighted by atomic mass is 9.92. The van der Waals surface area contributed by atoms with Crippen molar-refractivity contribution in [2.45, 2.75) is 123 Å². The van der Waals surface area contributed by atoms with Crippen LogP contribution in [0, 0.1) is 0 Å². The van der Waals surface area contributed by atoms with E-state index in [1.807, 2.05) is 58.0 Å². The Hall–Kier alpha value is -6.31. The highest BCUT2D eigenvalue weighted by atomic mass is 35.5. The number of fused-ring (bicyclic) bond motifs is 1. The Morgan fingerprint density at radius 3 is 1.79 bits per heavy atom. The van der Waals surface area contributed by atoms with Gasteiger partial charge < -0.3 is 28.4 Å². The van der Waals surface area contributed by atoms with Crippen molar-refractivity contribution in [1.82, 2.24) is 4.98 Å². The minimum atomic E-state index is -0.810. The minimum Gasteiger partial charge on any atom is -0.488 e. The predicted molar refractivity (Wildman–Crippen MR) is 268 cm³/mol. The monoisotopic (exact) mass is 964 g/mol. The lowest BCUT2D eigenvalue weighted by Gasteiger charge is -2.34. The van der Waals surface area contributed by atoms with Gasteiger partial charge in [0.1, 0.15) is 39.7 Å². The predicted octanol–water partition coefficient (Wildman–Crippen LogP) is 12.1. The van der Waals surface area contributed by atoms with Gasteiger partial charge in [0.25, 0.3) is 0 Å². The highest BCUT2D eigenvalue weighted by Gasteiger charge is 2.34. The number of hydrogen-bond donors (Lipinski definition) is 0. The molecule has 1 aromatic heterocycles. The van der Waals surface area contributed by atoms with Crippen molar-refractivity contribution in [2.24, 2.45) is 4.99 Å². The summed E-state index contributed by atoms with van der Waals surface area (Å²) in [7, 11) is 0. The number of rotatable bonds is 23. The Morgan fingerprint density at radius 2 is 1.26 bits per heavy atom. The SMILES string of the molecule is C=CC(=O)OC(C)(C)CC(C)(C)Oc1ccc(C(=O)OCCc2ccc(OC(=O)c3ccc(OC(C)(C)CC(C)(C)OC(=O)C=C)cc3)c(C=NC(CC)Cc3nc4ccc(Cl)cc4s3)c2)cc1. The zero-order valence-corrected chi connectivity index (χ0v) is 41.9. The number of halogens is 1. The molecule has 4 aromatic carbocycles. The summed E-state index contributed by atoms with van der Waals surface area (Å²) < 4.78 is 36.1. The van der Waals surface area contributed by atoms with Crippen LogP contribution in [0.2, 0.25) is 5.02 Å².